The fraction of sp³-hybridized carbons (Fsp3) is 0.526. The van der Waals surface area contributed by atoms with Crippen LogP contribution in [-0.2, 0) is 20.8 Å². The van der Waals surface area contributed by atoms with Crippen LogP contribution in [-0.4, -0.2) is 67.3 Å². The summed E-state index contributed by atoms with van der Waals surface area (Å²) in [5.74, 6) is -4.06. The maximum Gasteiger partial charge on any atom is 0.471 e. The van der Waals surface area contributed by atoms with Crippen LogP contribution in [0.25, 0.3) is 0 Å². The smallest absolute Gasteiger partial charge is 0.371 e. The molecule has 0 unspecified atom stereocenters. The Morgan fingerprint density at radius 1 is 1.09 bits per heavy atom. The fourth-order valence-corrected chi connectivity index (χ4v) is 4.88. The van der Waals surface area contributed by atoms with E-state index in [1.165, 1.54) is 4.90 Å². The van der Waals surface area contributed by atoms with Crippen LogP contribution in [0.2, 0.25) is 0 Å². The molecule has 15 heteroatoms. The lowest BCUT2D eigenvalue weighted by molar-refractivity contribution is -0.159. The summed E-state index contributed by atoms with van der Waals surface area (Å²) in [7, 11) is -3.96. The van der Waals surface area contributed by atoms with Gasteiger partial charge in [0.1, 0.15) is 22.6 Å². The molecule has 4 rings (SSSR count). The average Bonchev–Trinajstić information content (AvgIpc) is 3.38. The molecule has 2 saturated heterocycles. The van der Waals surface area contributed by atoms with Crippen molar-refractivity contribution in [2.24, 2.45) is 0 Å². The Hall–Kier alpha value is -2.97. The summed E-state index contributed by atoms with van der Waals surface area (Å²) in [6.07, 6.45) is -2.77. The summed E-state index contributed by atoms with van der Waals surface area (Å²) in [6, 6.07) is 0.253. The summed E-state index contributed by atoms with van der Waals surface area (Å²) >= 11 is 0. The first-order chi connectivity index (χ1) is 15.8. The van der Waals surface area contributed by atoms with Gasteiger partial charge in [0, 0.05) is 38.0 Å². The SMILES string of the molecule is CS(=O)(=O)c1cc(F)c(N[C@@H]2CCN(C3CCN(c4noc(C(F)(F)F)n4)CC3)C2=O)cc1F. The number of sulfone groups is 1. The van der Waals surface area contributed by atoms with Gasteiger partial charge in [-0.25, -0.2) is 17.2 Å². The van der Waals surface area contributed by atoms with E-state index in [1.54, 1.807) is 4.90 Å². The first-order valence-corrected chi connectivity index (χ1v) is 12.2. The lowest BCUT2D eigenvalue weighted by Gasteiger charge is -2.36. The van der Waals surface area contributed by atoms with Crippen molar-refractivity contribution in [1.82, 2.24) is 15.0 Å². The number of hydrogen-bond acceptors (Lipinski definition) is 8. The number of nitrogens with one attached hydrogen (secondary N) is 1. The number of alkyl halides is 3. The zero-order chi connectivity index (χ0) is 24.8. The van der Waals surface area contributed by atoms with Crippen LogP contribution >= 0.6 is 0 Å². The Balaban J connectivity index is 1.37. The molecule has 9 nitrogen and oxygen atoms in total. The van der Waals surface area contributed by atoms with E-state index < -0.39 is 44.5 Å². The van der Waals surface area contributed by atoms with Crippen molar-refractivity contribution in [2.75, 3.05) is 36.1 Å². The minimum Gasteiger partial charge on any atom is -0.371 e. The molecule has 1 amide bonds. The number of carbonyl (C=O) groups excluding carboxylic acids is 1. The zero-order valence-corrected chi connectivity index (χ0v) is 18.6. The van der Waals surface area contributed by atoms with Crippen molar-refractivity contribution in [3.05, 3.63) is 29.7 Å². The number of anilines is 2. The number of piperidine rings is 1. The zero-order valence-electron chi connectivity index (χ0n) is 17.8. The quantitative estimate of drug-likeness (QED) is 0.613. The highest BCUT2D eigenvalue weighted by Crippen LogP contribution is 2.31. The van der Waals surface area contributed by atoms with E-state index in [9.17, 15) is 35.2 Å². The van der Waals surface area contributed by atoms with Crippen LogP contribution in [0, 0.1) is 11.6 Å². The molecule has 1 N–H and O–H groups in total. The fourth-order valence-electron chi connectivity index (χ4n) is 4.15. The molecular formula is C19H20F5N5O4S. The molecule has 0 spiro atoms. The van der Waals surface area contributed by atoms with E-state index in [2.05, 4.69) is 20.0 Å². The molecule has 0 radical (unpaired) electrons. The van der Waals surface area contributed by atoms with Crippen molar-refractivity contribution >= 4 is 27.4 Å². The third-order valence-corrected chi connectivity index (χ3v) is 6.95. The Kier molecular flexibility index (Phi) is 6.16. The van der Waals surface area contributed by atoms with Gasteiger partial charge in [-0.05, 0) is 30.5 Å². The average molecular weight is 509 g/mol. The maximum absolute atomic E-state index is 14.4. The minimum absolute atomic E-state index is 0.173. The van der Waals surface area contributed by atoms with Crippen molar-refractivity contribution in [1.29, 1.82) is 0 Å². The van der Waals surface area contributed by atoms with Crippen LogP contribution in [0.5, 0.6) is 0 Å². The lowest BCUT2D eigenvalue weighted by atomic mass is 10.0. The molecule has 2 aliphatic rings. The molecule has 3 heterocycles. The monoisotopic (exact) mass is 509 g/mol. The van der Waals surface area contributed by atoms with Crippen LogP contribution in [0.4, 0.5) is 33.6 Å². The Morgan fingerprint density at radius 3 is 2.35 bits per heavy atom. The first kappa shape index (κ1) is 24.2. The van der Waals surface area contributed by atoms with E-state index in [0.717, 1.165) is 6.26 Å². The summed E-state index contributed by atoms with van der Waals surface area (Å²) in [4.78, 5) is 18.6. The second-order valence-corrected chi connectivity index (χ2v) is 10.2. The molecule has 2 aliphatic heterocycles. The normalized spacial score (nSPS) is 20.3. The first-order valence-electron chi connectivity index (χ1n) is 10.3. The number of halogens is 5. The minimum atomic E-state index is -4.74. The standard InChI is InChI=1S/C19H20F5N5O4S/c1-34(31,32)15-9-11(20)14(8-12(15)21)25-13-4-7-29(16(13)30)10-2-5-28(6-3-10)18-26-17(33-27-18)19(22,23)24/h8-10,13,25H,2-7H2,1H3/t13-/m1/s1. The van der Waals surface area contributed by atoms with E-state index in [0.29, 0.717) is 51.0 Å². The van der Waals surface area contributed by atoms with Gasteiger partial charge in [0.05, 0.1) is 5.69 Å². The van der Waals surface area contributed by atoms with E-state index in [1.807, 2.05) is 0 Å². The molecule has 0 bridgehead atoms. The van der Waals surface area contributed by atoms with Gasteiger partial charge in [-0.15, -0.1) is 0 Å². The highest BCUT2D eigenvalue weighted by atomic mass is 32.2. The molecule has 1 atom stereocenters. The van der Waals surface area contributed by atoms with Crippen molar-refractivity contribution in [2.45, 2.75) is 42.4 Å². The maximum atomic E-state index is 14.4. The van der Waals surface area contributed by atoms with Gasteiger partial charge in [-0.2, -0.15) is 18.2 Å². The largest absolute Gasteiger partial charge is 0.471 e. The topological polar surface area (TPSA) is 109 Å². The predicted octanol–water partition coefficient (Wildman–Crippen LogP) is 2.45. The number of carbonyl (C=O) groups is 1. The Bertz CT molecular complexity index is 1190. The third-order valence-electron chi connectivity index (χ3n) is 5.84. The molecule has 0 aliphatic carbocycles. The van der Waals surface area contributed by atoms with E-state index in [-0.39, 0.29) is 23.6 Å². The summed E-state index contributed by atoms with van der Waals surface area (Å²) in [5.41, 5.74) is -0.322. The van der Waals surface area contributed by atoms with E-state index in [4.69, 9.17) is 0 Å². The molecule has 2 aromatic rings. The number of benzene rings is 1. The highest BCUT2D eigenvalue weighted by Gasteiger charge is 2.41. The number of likely N-dealkylation sites (tertiary alicyclic amines) is 1. The second kappa shape index (κ2) is 8.67. The van der Waals surface area contributed by atoms with Crippen molar-refractivity contribution < 1.29 is 39.7 Å². The molecule has 2 fully saturated rings. The van der Waals surface area contributed by atoms with E-state index >= 15 is 0 Å². The van der Waals surface area contributed by atoms with Crippen LogP contribution in [0.1, 0.15) is 25.2 Å². The van der Waals surface area contributed by atoms with Crippen LogP contribution in [0.3, 0.4) is 0 Å². The molecule has 34 heavy (non-hydrogen) atoms. The Labute approximate surface area is 190 Å². The highest BCUT2D eigenvalue weighted by molar-refractivity contribution is 7.90. The van der Waals surface area contributed by atoms with Gasteiger partial charge >= 0.3 is 12.1 Å². The summed E-state index contributed by atoms with van der Waals surface area (Å²) in [6.45, 7) is 0.958. The summed E-state index contributed by atoms with van der Waals surface area (Å²) < 4.78 is 93.8. The second-order valence-electron chi connectivity index (χ2n) is 8.17. The van der Waals surface area contributed by atoms with Gasteiger partial charge in [-0.1, -0.05) is 0 Å². The lowest BCUT2D eigenvalue weighted by Crippen LogP contribution is -2.47. The molecule has 1 aromatic carbocycles. The number of aromatic nitrogens is 2. The molecular weight excluding hydrogens is 489 g/mol. The molecule has 1 aromatic heterocycles. The summed E-state index contributed by atoms with van der Waals surface area (Å²) in [5, 5.41) is 6.01. The van der Waals surface area contributed by atoms with Crippen molar-refractivity contribution in [3.8, 4) is 0 Å². The van der Waals surface area contributed by atoms with Crippen LogP contribution in [0.15, 0.2) is 21.6 Å². The predicted molar refractivity (Wildman–Crippen MR) is 108 cm³/mol. The van der Waals surface area contributed by atoms with Gasteiger partial charge in [0.15, 0.2) is 9.84 Å². The number of hydrogen-bond donors (Lipinski definition) is 1. The van der Waals surface area contributed by atoms with Crippen molar-refractivity contribution in [3.63, 3.8) is 0 Å². The number of amides is 1. The third kappa shape index (κ3) is 4.79. The molecule has 186 valence electrons. The van der Waals surface area contributed by atoms with Gasteiger partial charge in [-0.3, -0.25) is 4.79 Å². The van der Waals surface area contributed by atoms with Gasteiger partial charge < -0.3 is 19.6 Å². The van der Waals surface area contributed by atoms with Gasteiger partial charge in [0.25, 0.3) is 5.95 Å². The van der Waals surface area contributed by atoms with Crippen LogP contribution < -0.4 is 10.2 Å². The Morgan fingerprint density at radius 2 is 1.76 bits per heavy atom. The number of rotatable bonds is 5. The molecule has 0 saturated carbocycles. The number of nitrogens with zero attached hydrogens (tertiary/aromatic N) is 4. The van der Waals surface area contributed by atoms with Gasteiger partial charge in [0.2, 0.25) is 5.91 Å².